The monoisotopic (exact) mass is 211 g/mol. The van der Waals surface area contributed by atoms with Crippen LogP contribution in [0.25, 0.3) is 0 Å². The van der Waals surface area contributed by atoms with Gasteiger partial charge in [0.2, 0.25) is 0 Å². The minimum atomic E-state index is 0.460. The molecule has 0 aromatic carbocycles. The first-order valence-electron chi connectivity index (χ1n) is 6.57. The molecule has 0 radical (unpaired) electrons. The van der Waals surface area contributed by atoms with Gasteiger partial charge in [-0.3, -0.25) is 0 Å². The Morgan fingerprint density at radius 1 is 1.27 bits per heavy atom. The summed E-state index contributed by atoms with van der Waals surface area (Å²) in [7, 11) is 2.07. The molecule has 1 heterocycles. The van der Waals surface area contributed by atoms with Crippen LogP contribution in [0.4, 0.5) is 0 Å². The van der Waals surface area contributed by atoms with Crippen molar-refractivity contribution in [1.82, 2.24) is 5.32 Å². The van der Waals surface area contributed by atoms with Crippen LogP contribution in [-0.4, -0.2) is 26.8 Å². The molecule has 1 aliphatic heterocycles. The molecule has 88 valence electrons. The topological polar surface area (TPSA) is 21.3 Å². The summed E-state index contributed by atoms with van der Waals surface area (Å²) in [5.74, 6) is 0.986. The Morgan fingerprint density at radius 3 is 2.67 bits per heavy atom. The number of ether oxygens (including phenoxy) is 1. The van der Waals surface area contributed by atoms with E-state index >= 15 is 0 Å². The van der Waals surface area contributed by atoms with Crippen LogP contribution < -0.4 is 5.32 Å². The molecule has 1 aliphatic carbocycles. The Balaban J connectivity index is 1.90. The van der Waals surface area contributed by atoms with Gasteiger partial charge in [-0.25, -0.2) is 0 Å². The summed E-state index contributed by atoms with van der Waals surface area (Å²) in [6.07, 6.45) is 9.87. The van der Waals surface area contributed by atoms with Crippen LogP contribution in [0, 0.1) is 11.3 Å². The van der Waals surface area contributed by atoms with Gasteiger partial charge in [-0.1, -0.05) is 25.7 Å². The van der Waals surface area contributed by atoms with Crippen LogP contribution in [0.1, 0.15) is 44.9 Å². The van der Waals surface area contributed by atoms with Gasteiger partial charge in [-0.2, -0.15) is 0 Å². The van der Waals surface area contributed by atoms with Crippen LogP contribution in [0.5, 0.6) is 0 Å². The van der Waals surface area contributed by atoms with E-state index in [2.05, 4.69) is 12.4 Å². The van der Waals surface area contributed by atoms with Crippen molar-refractivity contribution in [2.24, 2.45) is 11.3 Å². The first-order chi connectivity index (χ1) is 7.35. The molecule has 2 aliphatic rings. The summed E-state index contributed by atoms with van der Waals surface area (Å²) in [5.41, 5.74) is 0.460. The third-order valence-corrected chi connectivity index (χ3v) is 4.15. The fourth-order valence-electron chi connectivity index (χ4n) is 3.48. The maximum absolute atomic E-state index is 5.71. The normalized spacial score (nSPS) is 33.4. The first kappa shape index (κ1) is 11.4. The van der Waals surface area contributed by atoms with E-state index in [4.69, 9.17) is 4.74 Å². The van der Waals surface area contributed by atoms with Gasteiger partial charge in [0, 0.05) is 18.6 Å². The molecule has 0 aromatic rings. The molecule has 1 unspecified atom stereocenters. The molecule has 2 fully saturated rings. The van der Waals surface area contributed by atoms with Gasteiger partial charge in [0.25, 0.3) is 0 Å². The van der Waals surface area contributed by atoms with Gasteiger partial charge in [0.15, 0.2) is 0 Å². The van der Waals surface area contributed by atoms with E-state index in [0.717, 1.165) is 25.7 Å². The highest BCUT2D eigenvalue weighted by Gasteiger charge is 2.35. The lowest BCUT2D eigenvalue weighted by Crippen LogP contribution is -2.41. The zero-order valence-corrected chi connectivity index (χ0v) is 10.1. The van der Waals surface area contributed by atoms with Gasteiger partial charge in [0.1, 0.15) is 0 Å². The van der Waals surface area contributed by atoms with Crippen molar-refractivity contribution < 1.29 is 4.74 Å². The second kappa shape index (κ2) is 5.31. The highest BCUT2D eigenvalue weighted by molar-refractivity contribution is 4.87. The average molecular weight is 211 g/mol. The maximum atomic E-state index is 5.71. The van der Waals surface area contributed by atoms with Crippen LogP contribution in [0.3, 0.4) is 0 Å². The highest BCUT2D eigenvalue weighted by Crippen LogP contribution is 2.40. The summed E-state index contributed by atoms with van der Waals surface area (Å²) >= 11 is 0. The Labute approximate surface area is 93.8 Å². The third kappa shape index (κ3) is 2.94. The fraction of sp³-hybridized carbons (Fsp3) is 1.00. The van der Waals surface area contributed by atoms with Crippen molar-refractivity contribution in [3.8, 4) is 0 Å². The molecule has 15 heavy (non-hydrogen) atoms. The molecule has 1 saturated heterocycles. The molecular formula is C13H25NO. The predicted molar refractivity (Wildman–Crippen MR) is 63.0 cm³/mol. The Bertz CT molecular complexity index is 175. The molecule has 1 N–H and O–H groups in total. The van der Waals surface area contributed by atoms with Crippen molar-refractivity contribution in [3.05, 3.63) is 0 Å². The minimum absolute atomic E-state index is 0.460. The summed E-state index contributed by atoms with van der Waals surface area (Å²) in [4.78, 5) is 0. The second-order valence-electron chi connectivity index (χ2n) is 5.54. The van der Waals surface area contributed by atoms with Crippen LogP contribution >= 0.6 is 0 Å². The Kier molecular flexibility index (Phi) is 4.04. The van der Waals surface area contributed by atoms with Gasteiger partial charge >= 0.3 is 0 Å². The lowest BCUT2D eigenvalue weighted by Gasteiger charge is -2.39. The zero-order chi connectivity index (χ0) is 10.6. The van der Waals surface area contributed by atoms with E-state index in [1.165, 1.54) is 44.9 Å². The Morgan fingerprint density at radius 2 is 2.07 bits per heavy atom. The van der Waals surface area contributed by atoms with Crippen LogP contribution in [0.15, 0.2) is 0 Å². The molecular weight excluding hydrogens is 186 g/mol. The van der Waals surface area contributed by atoms with Crippen molar-refractivity contribution in [2.45, 2.75) is 44.9 Å². The number of nitrogens with one attached hydrogen (secondary N) is 1. The fourth-order valence-corrected chi connectivity index (χ4v) is 3.48. The van der Waals surface area contributed by atoms with Gasteiger partial charge in [-0.05, 0) is 32.2 Å². The number of hydrogen-bond acceptors (Lipinski definition) is 2. The van der Waals surface area contributed by atoms with E-state index in [1.807, 2.05) is 0 Å². The third-order valence-electron chi connectivity index (χ3n) is 4.15. The average Bonchev–Trinajstić information content (AvgIpc) is 2.72. The van der Waals surface area contributed by atoms with E-state index < -0.39 is 0 Å². The van der Waals surface area contributed by atoms with Gasteiger partial charge < -0.3 is 10.1 Å². The first-order valence-corrected chi connectivity index (χ1v) is 6.57. The van der Waals surface area contributed by atoms with Crippen molar-refractivity contribution in [3.63, 3.8) is 0 Å². The SMILES string of the molecule is CNCC1(CC2CCCC2)CCCOC1. The summed E-state index contributed by atoms with van der Waals surface area (Å²) in [6.45, 7) is 3.12. The lowest BCUT2D eigenvalue weighted by atomic mass is 9.74. The lowest BCUT2D eigenvalue weighted by molar-refractivity contribution is -0.0193. The predicted octanol–water partition coefficient (Wildman–Crippen LogP) is 2.58. The van der Waals surface area contributed by atoms with E-state index in [9.17, 15) is 0 Å². The summed E-state index contributed by atoms with van der Waals surface area (Å²) < 4.78 is 5.71. The molecule has 0 amide bonds. The minimum Gasteiger partial charge on any atom is -0.381 e. The van der Waals surface area contributed by atoms with Crippen molar-refractivity contribution in [1.29, 1.82) is 0 Å². The van der Waals surface area contributed by atoms with Crippen LogP contribution in [0.2, 0.25) is 0 Å². The van der Waals surface area contributed by atoms with Gasteiger partial charge in [-0.15, -0.1) is 0 Å². The molecule has 2 heteroatoms. The molecule has 2 rings (SSSR count). The maximum Gasteiger partial charge on any atom is 0.0534 e. The number of rotatable bonds is 4. The number of hydrogen-bond donors (Lipinski definition) is 1. The zero-order valence-electron chi connectivity index (χ0n) is 10.1. The molecule has 0 bridgehead atoms. The van der Waals surface area contributed by atoms with Crippen molar-refractivity contribution >= 4 is 0 Å². The van der Waals surface area contributed by atoms with Crippen molar-refractivity contribution in [2.75, 3.05) is 26.8 Å². The van der Waals surface area contributed by atoms with E-state index in [0.29, 0.717) is 5.41 Å². The smallest absolute Gasteiger partial charge is 0.0534 e. The molecule has 1 saturated carbocycles. The quantitative estimate of drug-likeness (QED) is 0.771. The largest absolute Gasteiger partial charge is 0.381 e. The second-order valence-corrected chi connectivity index (χ2v) is 5.54. The summed E-state index contributed by atoms with van der Waals surface area (Å²) in [6, 6.07) is 0. The molecule has 2 nitrogen and oxygen atoms in total. The standard InChI is InChI=1S/C13H25NO/c1-14-10-13(7-4-8-15-11-13)9-12-5-2-3-6-12/h12,14H,2-11H2,1H3. The molecule has 0 spiro atoms. The highest BCUT2D eigenvalue weighted by atomic mass is 16.5. The molecule has 1 atom stereocenters. The van der Waals surface area contributed by atoms with Crippen LogP contribution in [-0.2, 0) is 4.74 Å². The molecule has 0 aromatic heterocycles. The van der Waals surface area contributed by atoms with Gasteiger partial charge in [0.05, 0.1) is 6.61 Å². The Hall–Kier alpha value is -0.0800. The summed E-state index contributed by atoms with van der Waals surface area (Å²) in [5, 5.41) is 3.37. The van der Waals surface area contributed by atoms with E-state index in [-0.39, 0.29) is 0 Å². The van der Waals surface area contributed by atoms with E-state index in [1.54, 1.807) is 0 Å².